The van der Waals surface area contributed by atoms with E-state index in [0.29, 0.717) is 40.6 Å². The monoisotopic (exact) mass is 523 g/mol. The largest absolute Gasteiger partial charge is 0.496 e. The van der Waals surface area contributed by atoms with E-state index in [4.69, 9.17) is 18.3 Å². The predicted octanol–water partition coefficient (Wildman–Crippen LogP) is 6.77. The highest BCUT2D eigenvalue weighted by molar-refractivity contribution is 6.00. The molecule has 1 aliphatic heterocycles. The molecule has 1 fully saturated rings. The number of hydrogen-bond acceptors (Lipinski definition) is 5. The first-order valence-corrected chi connectivity index (χ1v) is 13.0. The van der Waals surface area contributed by atoms with Gasteiger partial charge in [0.25, 0.3) is 0 Å². The number of carbonyl (C=O) groups excluding carboxylic acids is 3. The summed E-state index contributed by atoms with van der Waals surface area (Å²) >= 11 is 0. The fraction of sp³-hybridized carbons (Fsp3) is 0.242. The lowest BCUT2D eigenvalue weighted by molar-refractivity contribution is -0.404. The van der Waals surface area contributed by atoms with Crippen molar-refractivity contribution in [3.63, 3.8) is 0 Å². The van der Waals surface area contributed by atoms with Gasteiger partial charge in [-0.05, 0) is 55.3 Å². The van der Waals surface area contributed by atoms with Gasteiger partial charge in [-0.15, -0.1) is 0 Å². The third-order valence-electron chi connectivity index (χ3n) is 7.32. The number of ketones is 1. The lowest BCUT2D eigenvalue weighted by atomic mass is 9.75. The van der Waals surface area contributed by atoms with Crippen LogP contribution in [0.15, 0.2) is 88.1 Å². The molecule has 2 heterocycles. The van der Waals surface area contributed by atoms with Crippen molar-refractivity contribution in [1.82, 2.24) is 0 Å². The summed E-state index contributed by atoms with van der Waals surface area (Å²) < 4.78 is 23.5. The first kappa shape index (κ1) is 26.2. The van der Waals surface area contributed by atoms with Crippen molar-refractivity contribution in [2.24, 2.45) is 5.92 Å². The summed E-state index contributed by atoms with van der Waals surface area (Å²) in [6.45, 7) is 10.2. The summed E-state index contributed by atoms with van der Waals surface area (Å²) in [5.41, 5.74) is 5.47. The number of hydrogen-bond donors (Lipinski definition) is 0. The molecule has 2 unspecified atom stereocenters. The van der Waals surface area contributed by atoms with E-state index in [0.717, 1.165) is 39.9 Å². The van der Waals surface area contributed by atoms with Gasteiger partial charge in [0.05, 0.1) is 27.1 Å². The SMILES string of the molecule is C=C1/C(=C/c2ccc(-c3ccc(C)cc3C=O)o2)CC2=[O+]C(C)=C(C(=O)OCC)C(c3ccccc3OC)C12. The topological polar surface area (TPSA) is 77.0 Å². The molecule has 1 aliphatic carbocycles. The predicted molar refractivity (Wildman–Crippen MR) is 150 cm³/mol. The maximum Gasteiger partial charge on any atom is 0.343 e. The summed E-state index contributed by atoms with van der Waals surface area (Å²) in [5, 5.41) is 0. The summed E-state index contributed by atoms with van der Waals surface area (Å²) in [6, 6.07) is 17.1. The van der Waals surface area contributed by atoms with Gasteiger partial charge in [0.2, 0.25) is 0 Å². The number of furan rings is 1. The second-order valence-corrected chi connectivity index (χ2v) is 9.74. The number of aryl methyl sites for hydroxylation is 1. The molecule has 6 heteroatoms. The van der Waals surface area contributed by atoms with Crippen LogP contribution in [0.25, 0.3) is 17.4 Å². The highest BCUT2D eigenvalue weighted by Crippen LogP contribution is 2.50. The van der Waals surface area contributed by atoms with Gasteiger partial charge < -0.3 is 13.9 Å². The van der Waals surface area contributed by atoms with Gasteiger partial charge in [-0.25, -0.2) is 9.22 Å². The highest BCUT2D eigenvalue weighted by atomic mass is 16.5. The number of allylic oxidation sites excluding steroid dienone is 3. The molecule has 0 N–H and O–H groups in total. The van der Waals surface area contributed by atoms with Crippen molar-refractivity contribution < 1.29 is 27.9 Å². The van der Waals surface area contributed by atoms with E-state index in [1.54, 1.807) is 21.0 Å². The molecule has 2 atom stereocenters. The van der Waals surface area contributed by atoms with Crippen LogP contribution in [0.4, 0.5) is 0 Å². The van der Waals surface area contributed by atoms with Gasteiger partial charge in [-0.3, -0.25) is 4.79 Å². The number of ether oxygens (including phenoxy) is 2. The van der Waals surface area contributed by atoms with Crippen LogP contribution in [0.1, 0.15) is 53.4 Å². The van der Waals surface area contributed by atoms with Crippen molar-refractivity contribution >= 4 is 24.1 Å². The Morgan fingerprint density at radius 1 is 1.13 bits per heavy atom. The van der Waals surface area contributed by atoms with Crippen LogP contribution in [0.2, 0.25) is 0 Å². The van der Waals surface area contributed by atoms with Gasteiger partial charge in [0, 0.05) is 22.6 Å². The highest BCUT2D eigenvalue weighted by Gasteiger charge is 2.53. The number of para-hydroxylation sites is 1. The maximum atomic E-state index is 13.2. The molecule has 1 saturated carbocycles. The van der Waals surface area contributed by atoms with Gasteiger partial charge in [0.1, 0.15) is 28.8 Å². The van der Waals surface area contributed by atoms with Crippen LogP contribution >= 0.6 is 0 Å². The number of fused-ring (bicyclic) bond motifs is 1. The normalized spacial score (nSPS) is 19.6. The molecule has 0 bridgehead atoms. The van der Waals surface area contributed by atoms with Crippen LogP contribution in [0.3, 0.4) is 0 Å². The van der Waals surface area contributed by atoms with E-state index in [1.165, 1.54) is 0 Å². The van der Waals surface area contributed by atoms with Crippen LogP contribution in [-0.4, -0.2) is 31.8 Å². The molecule has 0 spiro atoms. The number of esters is 1. The van der Waals surface area contributed by atoms with E-state index >= 15 is 0 Å². The van der Waals surface area contributed by atoms with E-state index in [-0.39, 0.29) is 18.4 Å². The van der Waals surface area contributed by atoms with Crippen molar-refractivity contribution in [2.45, 2.75) is 33.1 Å². The molecule has 198 valence electrons. The summed E-state index contributed by atoms with van der Waals surface area (Å²) in [7, 11) is 1.62. The Hall–Kier alpha value is -4.45. The van der Waals surface area contributed by atoms with E-state index in [1.807, 2.05) is 67.6 Å². The average Bonchev–Trinajstić information content (AvgIpc) is 3.52. The van der Waals surface area contributed by atoms with Crippen molar-refractivity contribution in [2.75, 3.05) is 13.7 Å². The van der Waals surface area contributed by atoms with E-state index in [9.17, 15) is 9.59 Å². The van der Waals surface area contributed by atoms with Gasteiger partial charge in [0.15, 0.2) is 6.29 Å². The number of methoxy groups -OCH3 is 1. The third kappa shape index (κ3) is 4.78. The smallest absolute Gasteiger partial charge is 0.343 e. The van der Waals surface area contributed by atoms with Crippen LogP contribution in [-0.2, 0) is 14.0 Å². The van der Waals surface area contributed by atoms with Crippen molar-refractivity contribution in [3.05, 3.63) is 106 Å². The fourth-order valence-electron chi connectivity index (χ4n) is 5.56. The number of benzene rings is 2. The van der Waals surface area contributed by atoms with Crippen molar-refractivity contribution in [3.8, 4) is 17.1 Å². The van der Waals surface area contributed by atoms with E-state index < -0.39 is 5.97 Å². The molecule has 0 saturated heterocycles. The Morgan fingerprint density at radius 3 is 2.67 bits per heavy atom. The zero-order valence-corrected chi connectivity index (χ0v) is 22.6. The molecule has 0 amide bonds. The molecular formula is C33H31O6+. The minimum Gasteiger partial charge on any atom is -0.496 e. The molecule has 5 rings (SSSR count). The Morgan fingerprint density at radius 2 is 1.92 bits per heavy atom. The Bertz CT molecular complexity index is 1560. The number of carbonyl (C=O) groups is 2. The van der Waals surface area contributed by atoms with Crippen LogP contribution in [0.5, 0.6) is 5.75 Å². The molecule has 0 radical (unpaired) electrons. The van der Waals surface area contributed by atoms with Crippen LogP contribution < -0.4 is 4.74 Å². The number of rotatable bonds is 7. The quantitative estimate of drug-likeness (QED) is 0.194. The lowest BCUT2D eigenvalue weighted by Gasteiger charge is -2.26. The molecule has 39 heavy (non-hydrogen) atoms. The standard InChI is InChI=1S/C33H31O6/c1-6-37-33(35)31-21(4)38-29-17-22(20(3)30(29)32(31)26-9-7-8-10-27(26)36-5)16-24-12-14-28(39-24)25-13-11-19(2)15-23(25)18-34/h7-16,18,30,32H,3,6,17H2,1-2,4-5H3/q+1/b22-16+. The van der Waals surface area contributed by atoms with Gasteiger partial charge in [-0.2, -0.15) is 0 Å². The van der Waals surface area contributed by atoms with Gasteiger partial charge >= 0.3 is 17.5 Å². The average molecular weight is 524 g/mol. The van der Waals surface area contributed by atoms with Crippen molar-refractivity contribution in [1.29, 1.82) is 0 Å². The molecule has 2 aliphatic rings. The molecular weight excluding hydrogens is 492 g/mol. The molecule has 6 nitrogen and oxygen atoms in total. The zero-order chi connectivity index (χ0) is 27.7. The van der Waals surface area contributed by atoms with Crippen LogP contribution in [0, 0.1) is 12.8 Å². The van der Waals surface area contributed by atoms with Gasteiger partial charge in [-0.1, -0.05) is 42.5 Å². The minimum absolute atomic E-state index is 0.259. The maximum absolute atomic E-state index is 13.2. The number of aldehydes is 1. The second-order valence-electron chi connectivity index (χ2n) is 9.74. The van der Waals surface area contributed by atoms with E-state index in [2.05, 4.69) is 6.58 Å². The summed E-state index contributed by atoms with van der Waals surface area (Å²) in [6.07, 6.45) is 3.33. The Kier molecular flexibility index (Phi) is 7.20. The Labute approximate surface area is 227 Å². The summed E-state index contributed by atoms with van der Waals surface area (Å²) in [4.78, 5) is 24.8. The fourth-order valence-corrected chi connectivity index (χ4v) is 5.56. The second kappa shape index (κ2) is 10.7. The minimum atomic E-state index is -0.407. The molecule has 1 aromatic heterocycles. The summed E-state index contributed by atoms with van der Waals surface area (Å²) in [5.74, 6) is 2.22. The Balaban J connectivity index is 1.54. The first-order valence-electron chi connectivity index (χ1n) is 13.0. The first-order chi connectivity index (χ1) is 18.9. The molecule has 3 aromatic rings. The third-order valence-corrected chi connectivity index (χ3v) is 7.32. The lowest BCUT2D eigenvalue weighted by Crippen LogP contribution is -2.31. The zero-order valence-electron chi connectivity index (χ0n) is 22.6. The molecule has 2 aromatic carbocycles.